The van der Waals surface area contributed by atoms with Gasteiger partial charge in [0.25, 0.3) is 0 Å². The maximum atomic E-state index is 8.41. The van der Waals surface area contributed by atoms with E-state index in [1.807, 2.05) is 6.07 Å². The maximum absolute atomic E-state index is 8.41. The van der Waals surface area contributed by atoms with Crippen molar-refractivity contribution in [1.82, 2.24) is 0 Å². The third kappa shape index (κ3) is 3.43. The summed E-state index contributed by atoms with van der Waals surface area (Å²) in [6, 6.07) is 6.02. The molecule has 74 valence electrons. The number of halogens is 2. The first-order valence-corrected chi connectivity index (χ1v) is 4.61. The minimum Gasteiger partial charge on any atom is -0.491 e. The molecular formula is C9H8Cl2N2O. The minimum absolute atomic E-state index is 0.118. The summed E-state index contributed by atoms with van der Waals surface area (Å²) in [6.07, 6.45) is 0. The van der Waals surface area contributed by atoms with Gasteiger partial charge in [0.05, 0.1) is 6.07 Å². The number of hydrogen-bond donors (Lipinski definition) is 1. The second kappa shape index (κ2) is 5.06. The van der Waals surface area contributed by atoms with Crippen LogP contribution in [0.25, 0.3) is 0 Å². The average Bonchev–Trinajstić information content (AvgIpc) is 2.12. The number of nitriles is 1. The highest BCUT2D eigenvalue weighted by Crippen LogP contribution is 2.24. The molecule has 1 atom stereocenters. The first-order valence-electron chi connectivity index (χ1n) is 3.86. The molecule has 0 aromatic heterocycles. The second-order valence-corrected chi connectivity index (χ2v) is 3.52. The first-order chi connectivity index (χ1) is 6.61. The fourth-order valence-corrected chi connectivity index (χ4v) is 1.34. The van der Waals surface area contributed by atoms with Crippen molar-refractivity contribution in [2.24, 2.45) is 5.73 Å². The van der Waals surface area contributed by atoms with E-state index in [9.17, 15) is 0 Å². The summed E-state index contributed by atoms with van der Waals surface area (Å²) in [5, 5.41) is 9.38. The number of nitrogens with two attached hydrogens (primary N) is 1. The van der Waals surface area contributed by atoms with Gasteiger partial charge in [-0.1, -0.05) is 23.2 Å². The monoisotopic (exact) mass is 230 g/mol. The average molecular weight is 231 g/mol. The van der Waals surface area contributed by atoms with Crippen LogP contribution >= 0.6 is 23.2 Å². The van der Waals surface area contributed by atoms with Crippen molar-refractivity contribution < 1.29 is 4.74 Å². The highest BCUT2D eigenvalue weighted by Gasteiger charge is 2.03. The summed E-state index contributed by atoms with van der Waals surface area (Å²) in [7, 11) is 0. The van der Waals surface area contributed by atoms with Gasteiger partial charge in [-0.2, -0.15) is 5.26 Å². The molecule has 0 heterocycles. The number of nitrogens with zero attached hydrogens (tertiary/aromatic N) is 1. The van der Waals surface area contributed by atoms with Crippen LogP contribution in [0.1, 0.15) is 0 Å². The highest BCUT2D eigenvalue weighted by atomic mass is 35.5. The number of ether oxygens (including phenoxy) is 1. The van der Waals surface area contributed by atoms with Crippen LogP contribution in [0.5, 0.6) is 5.75 Å². The van der Waals surface area contributed by atoms with Crippen molar-refractivity contribution in [3.05, 3.63) is 28.2 Å². The molecule has 0 aliphatic carbocycles. The summed E-state index contributed by atoms with van der Waals surface area (Å²) in [6.45, 7) is 0.118. The van der Waals surface area contributed by atoms with Crippen LogP contribution in [0.2, 0.25) is 10.0 Å². The lowest BCUT2D eigenvalue weighted by Gasteiger charge is -2.07. The fourth-order valence-electron chi connectivity index (χ4n) is 0.835. The number of rotatable bonds is 3. The van der Waals surface area contributed by atoms with Gasteiger partial charge in [0.1, 0.15) is 18.4 Å². The van der Waals surface area contributed by atoms with Crippen molar-refractivity contribution in [2.45, 2.75) is 6.04 Å². The van der Waals surface area contributed by atoms with E-state index in [1.54, 1.807) is 18.2 Å². The van der Waals surface area contributed by atoms with Crippen molar-refractivity contribution in [2.75, 3.05) is 6.61 Å². The van der Waals surface area contributed by atoms with Crippen LogP contribution in [0.15, 0.2) is 18.2 Å². The van der Waals surface area contributed by atoms with Gasteiger partial charge in [-0.15, -0.1) is 0 Å². The molecule has 0 aliphatic heterocycles. The normalized spacial score (nSPS) is 11.9. The molecule has 0 saturated carbocycles. The lowest BCUT2D eigenvalue weighted by Crippen LogP contribution is -2.25. The molecule has 1 aromatic rings. The summed E-state index contributed by atoms with van der Waals surface area (Å²) in [5.74, 6) is 0.508. The smallest absolute Gasteiger partial charge is 0.127 e. The predicted octanol–water partition coefficient (Wildman–Crippen LogP) is 2.22. The molecule has 0 bridgehead atoms. The molecule has 1 unspecified atom stereocenters. The van der Waals surface area contributed by atoms with Crippen LogP contribution < -0.4 is 10.5 Å². The van der Waals surface area contributed by atoms with E-state index >= 15 is 0 Å². The minimum atomic E-state index is -0.646. The lowest BCUT2D eigenvalue weighted by atomic mass is 10.3. The molecule has 1 aromatic carbocycles. The molecule has 0 amide bonds. The number of hydrogen-bond acceptors (Lipinski definition) is 3. The maximum Gasteiger partial charge on any atom is 0.127 e. The van der Waals surface area contributed by atoms with Gasteiger partial charge in [-0.05, 0) is 18.2 Å². The number of benzene rings is 1. The van der Waals surface area contributed by atoms with Crippen molar-refractivity contribution in [1.29, 1.82) is 5.26 Å². The van der Waals surface area contributed by atoms with Crippen LogP contribution in [-0.2, 0) is 0 Å². The van der Waals surface area contributed by atoms with Gasteiger partial charge in [0.2, 0.25) is 0 Å². The summed E-state index contributed by atoms with van der Waals surface area (Å²) in [4.78, 5) is 0. The third-order valence-corrected chi connectivity index (χ3v) is 1.87. The van der Waals surface area contributed by atoms with Crippen molar-refractivity contribution in [3.8, 4) is 11.8 Å². The molecule has 0 aliphatic rings. The second-order valence-electron chi connectivity index (χ2n) is 2.65. The summed E-state index contributed by atoms with van der Waals surface area (Å²) in [5.41, 5.74) is 5.34. The Bertz CT molecular complexity index is 342. The van der Waals surface area contributed by atoms with E-state index < -0.39 is 6.04 Å². The van der Waals surface area contributed by atoms with E-state index in [4.69, 9.17) is 38.9 Å². The van der Waals surface area contributed by atoms with Gasteiger partial charge in [0, 0.05) is 10.0 Å². The summed E-state index contributed by atoms with van der Waals surface area (Å²) >= 11 is 11.5. The Kier molecular flexibility index (Phi) is 4.02. The van der Waals surface area contributed by atoms with Crippen LogP contribution in [0, 0.1) is 11.3 Å². The van der Waals surface area contributed by atoms with Crippen LogP contribution in [-0.4, -0.2) is 12.6 Å². The fraction of sp³-hybridized carbons (Fsp3) is 0.222. The van der Waals surface area contributed by atoms with Gasteiger partial charge < -0.3 is 10.5 Å². The molecule has 0 fully saturated rings. The van der Waals surface area contributed by atoms with Crippen LogP contribution in [0.3, 0.4) is 0 Å². The Hall–Kier alpha value is -0.950. The third-order valence-electron chi connectivity index (χ3n) is 1.43. The highest BCUT2D eigenvalue weighted by molar-refractivity contribution is 6.34. The molecule has 2 N–H and O–H groups in total. The van der Waals surface area contributed by atoms with Gasteiger partial charge >= 0.3 is 0 Å². The van der Waals surface area contributed by atoms with E-state index in [1.165, 1.54) is 0 Å². The molecule has 0 spiro atoms. The topological polar surface area (TPSA) is 59.0 Å². The molecule has 3 nitrogen and oxygen atoms in total. The van der Waals surface area contributed by atoms with Gasteiger partial charge in [0.15, 0.2) is 0 Å². The molecule has 0 saturated heterocycles. The largest absolute Gasteiger partial charge is 0.491 e. The van der Waals surface area contributed by atoms with E-state index in [0.29, 0.717) is 15.8 Å². The molecule has 1 rings (SSSR count). The van der Waals surface area contributed by atoms with Gasteiger partial charge in [-0.25, -0.2) is 0 Å². The van der Waals surface area contributed by atoms with Gasteiger partial charge in [-0.3, -0.25) is 0 Å². The Morgan fingerprint density at radius 3 is 2.43 bits per heavy atom. The Labute approximate surface area is 92.0 Å². The van der Waals surface area contributed by atoms with E-state index in [2.05, 4.69) is 0 Å². The quantitative estimate of drug-likeness (QED) is 0.867. The SMILES string of the molecule is N#CC(N)COc1cc(Cl)cc(Cl)c1. The molecule has 14 heavy (non-hydrogen) atoms. The van der Waals surface area contributed by atoms with Crippen LogP contribution in [0.4, 0.5) is 0 Å². The lowest BCUT2D eigenvalue weighted by molar-refractivity contribution is 0.309. The summed E-state index contributed by atoms with van der Waals surface area (Å²) < 4.78 is 5.20. The first kappa shape index (κ1) is 11.1. The zero-order chi connectivity index (χ0) is 10.6. The zero-order valence-electron chi connectivity index (χ0n) is 7.21. The zero-order valence-corrected chi connectivity index (χ0v) is 8.72. The van der Waals surface area contributed by atoms with E-state index in [0.717, 1.165) is 0 Å². The molecule has 0 radical (unpaired) electrons. The Morgan fingerprint density at radius 2 is 1.93 bits per heavy atom. The Morgan fingerprint density at radius 1 is 1.36 bits per heavy atom. The Balaban J connectivity index is 2.64. The predicted molar refractivity (Wildman–Crippen MR) is 55.5 cm³/mol. The molecule has 5 heteroatoms. The van der Waals surface area contributed by atoms with Crippen molar-refractivity contribution in [3.63, 3.8) is 0 Å². The molecular weight excluding hydrogens is 223 g/mol. The van der Waals surface area contributed by atoms with Crippen molar-refractivity contribution >= 4 is 23.2 Å². The van der Waals surface area contributed by atoms with E-state index in [-0.39, 0.29) is 6.61 Å². The standard InChI is InChI=1S/C9H8Cl2N2O/c10-6-1-7(11)3-9(2-6)14-5-8(13)4-12/h1-3,8H,5,13H2.